The number of piperazine rings is 1. The summed E-state index contributed by atoms with van der Waals surface area (Å²) in [6.45, 7) is 15.5. The van der Waals surface area contributed by atoms with Crippen LogP contribution in [-0.2, 0) is 6.54 Å². The van der Waals surface area contributed by atoms with Gasteiger partial charge >= 0.3 is 0 Å². The summed E-state index contributed by atoms with van der Waals surface area (Å²) in [6, 6.07) is 5.52. The van der Waals surface area contributed by atoms with Crippen molar-refractivity contribution in [2.75, 3.05) is 57.0 Å². The lowest BCUT2D eigenvalue weighted by Crippen LogP contribution is -2.46. The molecule has 0 amide bonds. The number of hydrogen-bond donors (Lipinski definition) is 2. The molecular formula is C21H37FIN5S. The molecule has 166 valence electrons. The van der Waals surface area contributed by atoms with Crippen molar-refractivity contribution in [3.63, 3.8) is 0 Å². The predicted octanol–water partition coefficient (Wildman–Crippen LogP) is 3.78. The molecule has 1 heterocycles. The number of nitrogens with one attached hydrogen (secondary N) is 2. The zero-order valence-corrected chi connectivity index (χ0v) is 21.6. The fraction of sp³-hybridized carbons (Fsp3) is 0.667. The molecule has 1 saturated heterocycles. The van der Waals surface area contributed by atoms with Gasteiger partial charge in [-0.25, -0.2) is 9.38 Å². The maximum absolute atomic E-state index is 14.7. The van der Waals surface area contributed by atoms with Crippen molar-refractivity contribution in [2.45, 2.75) is 39.0 Å². The zero-order valence-electron chi connectivity index (χ0n) is 18.4. The van der Waals surface area contributed by atoms with Gasteiger partial charge in [-0.15, -0.1) is 24.0 Å². The minimum absolute atomic E-state index is 0. The van der Waals surface area contributed by atoms with Crippen molar-refractivity contribution >= 4 is 47.4 Å². The lowest BCUT2D eigenvalue weighted by molar-refractivity contribution is 0.270. The topological polar surface area (TPSA) is 42.9 Å². The SMILES string of the molecule is CCNC(=NCc1ccc(N2CCN(CC)CC2)c(F)c1)NCC(C)(C)SC.I. The van der Waals surface area contributed by atoms with Crippen LogP contribution in [0, 0.1) is 5.82 Å². The van der Waals surface area contributed by atoms with E-state index in [0.717, 1.165) is 57.3 Å². The van der Waals surface area contributed by atoms with Crippen molar-refractivity contribution in [2.24, 2.45) is 4.99 Å². The van der Waals surface area contributed by atoms with Crippen molar-refractivity contribution < 1.29 is 4.39 Å². The number of aliphatic imine (C=N–C) groups is 1. The Morgan fingerprint density at radius 3 is 2.41 bits per heavy atom. The molecule has 0 spiro atoms. The Bertz CT molecular complexity index is 648. The largest absolute Gasteiger partial charge is 0.367 e. The van der Waals surface area contributed by atoms with Crippen molar-refractivity contribution in [3.05, 3.63) is 29.6 Å². The van der Waals surface area contributed by atoms with Crippen molar-refractivity contribution in [3.8, 4) is 0 Å². The Morgan fingerprint density at radius 1 is 1.17 bits per heavy atom. The average molecular weight is 538 g/mol. The molecule has 0 atom stereocenters. The van der Waals surface area contributed by atoms with Crippen molar-refractivity contribution in [1.29, 1.82) is 0 Å². The Balaban J connectivity index is 0.00000420. The molecule has 2 N–H and O–H groups in total. The smallest absolute Gasteiger partial charge is 0.191 e. The van der Waals surface area contributed by atoms with Crippen LogP contribution in [0.3, 0.4) is 0 Å². The van der Waals surface area contributed by atoms with E-state index < -0.39 is 0 Å². The second-order valence-corrected chi connectivity index (χ2v) is 9.23. The van der Waals surface area contributed by atoms with Gasteiger partial charge in [0, 0.05) is 44.0 Å². The standard InChI is InChI=1S/C21H36FN5S.HI/c1-6-23-20(25-16-21(3,4)28-5)24-15-17-8-9-19(18(22)14-17)27-12-10-26(7-2)11-13-27;/h8-9,14H,6-7,10-13,15-16H2,1-5H3,(H2,23,24,25);1H. The molecule has 0 aromatic heterocycles. The molecule has 5 nitrogen and oxygen atoms in total. The van der Waals surface area contributed by atoms with Gasteiger partial charge in [0.2, 0.25) is 0 Å². The number of benzene rings is 1. The lowest BCUT2D eigenvalue weighted by Gasteiger charge is -2.35. The first-order chi connectivity index (χ1) is 13.4. The van der Waals surface area contributed by atoms with E-state index in [1.54, 1.807) is 6.07 Å². The van der Waals surface area contributed by atoms with Gasteiger partial charge < -0.3 is 20.4 Å². The molecule has 8 heteroatoms. The minimum atomic E-state index is -0.154. The first-order valence-electron chi connectivity index (χ1n) is 10.2. The number of likely N-dealkylation sites (N-methyl/N-ethyl adjacent to an activating group) is 1. The third kappa shape index (κ3) is 8.49. The molecule has 1 aromatic rings. The molecule has 0 unspecified atom stereocenters. The number of nitrogens with zero attached hydrogens (tertiary/aromatic N) is 3. The maximum atomic E-state index is 14.7. The highest BCUT2D eigenvalue weighted by Crippen LogP contribution is 2.22. The van der Waals surface area contributed by atoms with Crippen LogP contribution in [0.15, 0.2) is 23.2 Å². The summed E-state index contributed by atoms with van der Waals surface area (Å²) >= 11 is 1.82. The van der Waals surface area contributed by atoms with Gasteiger partial charge in [0.15, 0.2) is 5.96 Å². The van der Waals surface area contributed by atoms with Gasteiger partial charge in [-0.1, -0.05) is 13.0 Å². The molecule has 29 heavy (non-hydrogen) atoms. The molecule has 0 radical (unpaired) electrons. The fourth-order valence-corrected chi connectivity index (χ4v) is 3.31. The van der Waals surface area contributed by atoms with E-state index in [2.05, 4.69) is 52.5 Å². The molecule has 2 rings (SSSR count). The normalized spacial score (nSPS) is 15.8. The first-order valence-corrected chi connectivity index (χ1v) is 11.4. The predicted molar refractivity (Wildman–Crippen MR) is 137 cm³/mol. The molecule has 0 aliphatic carbocycles. The molecule has 1 aromatic carbocycles. The Labute approximate surface area is 197 Å². The summed E-state index contributed by atoms with van der Waals surface area (Å²) in [7, 11) is 0. The summed E-state index contributed by atoms with van der Waals surface area (Å²) in [6.07, 6.45) is 2.11. The summed E-state index contributed by atoms with van der Waals surface area (Å²) < 4.78 is 14.8. The Hall–Kier alpha value is -0.740. The highest BCUT2D eigenvalue weighted by Gasteiger charge is 2.19. The van der Waals surface area contributed by atoms with E-state index in [4.69, 9.17) is 0 Å². The summed E-state index contributed by atoms with van der Waals surface area (Å²) in [5, 5.41) is 6.64. The Kier molecular flexibility index (Phi) is 11.6. The van der Waals surface area contributed by atoms with Crippen LogP contribution in [0.25, 0.3) is 0 Å². The van der Waals surface area contributed by atoms with Crippen LogP contribution >= 0.6 is 35.7 Å². The van der Waals surface area contributed by atoms with Crippen LogP contribution in [0.5, 0.6) is 0 Å². The zero-order chi connectivity index (χ0) is 20.6. The van der Waals surface area contributed by atoms with Crippen LogP contribution < -0.4 is 15.5 Å². The highest BCUT2D eigenvalue weighted by atomic mass is 127. The van der Waals surface area contributed by atoms with Crippen LogP contribution in [-0.4, -0.2) is 67.7 Å². The molecule has 1 fully saturated rings. The van der Waals surface area contributed by atoms with Gasteiger partial charge in [0.25, 0.3) is 0 Å². The van der Waals surface area contributed by atoms with E-state index in [1.165, 1.54) is 0 Å². The summed E-state index contributed by atoms with van der Waals surface area (Å²) in [5.74, 6) is 0.615. The summed E-state index contributed by atoms with van der Waals surface area (Å²) in [4.78, 5) is 9.16. The van der Waals surface area contributed by atoms with Gasteiger partial charge in [0.05, 0.1) is 12.2 Å². The lowest BCUT2D eigenvalue weighted by atomic mass is 10.1. The number of anilines is 1. The number of halogens is 2. The van der Waals surface area contributed by atoms with Gasteiger partial charge in [-0.3, -0.25) is 0 Å². The number of guanidine groups is 1. The van der Waals surface area contributed by atoms with Gasteiger partial charge in [-0.2, -0.15) is 11.8 Å². The third-order valence-corrected chi connectivity index (χ3v) is 6.42. The van der Waals surface area contributed by atoms with E-state index >= 15 is 0 Å². The van der Waals surface area contributed by atoms with Crippen LogP contribution in [0.4, 0.5) is 10.1 Å². The second kappa shape index (κ2) is 12.8. The number of thioether (sulfide) groups is 1. The first kappa shape index (κ1) is 26.3. The maximum Gasteiger partial charge on any atom is 0.191 e. The van der Waals surface area contributed by atoms with Crippen LogP contribution in [0.1, 0.15) is 33.3 Å². The van der Waals surface area contributed by atoms with Crippen LogP contribution in [0.2, 0.25) is 0 Å². The fourth-order valence-electron chi connectivity index (χ4n) is 3.09. The number of hydrogen-bond acceptors (Lipinski definition) is 4. The molecular weight excluding hydrogens is 500 g/mol. The van der Waals surface area contributed by atoms with Gasteiger partial charge in [-0.05, 0) is 51.3 Å². The monoisotopic (exact) mass is 537 g/mol. The third-order valence-electron chi connectivity index (χ3n) is 5.17. The average Bonchev–Trinajstić information content (AvgIpc) is 2.70. The van der Waals surface area contributed by atoms with Gasteiger partial charge in [0.1, 0.15) is 5.82 Å². The Morgan fingerprint density at radius 2 is 1.86 bits per heavy atom. The van der Waals surface area contributed by atoms with E-state index in [1.807, 2.05) is 30.8 Å². The number of rotatable bonds is 8. The van der Waals surface area contributed by atoms with Crippen molar-refractivity contribution in [1.82, 2.24) is 15.5 Å². The van der Waals surface area contributed by atoms with E-state index in [0.29, 0.717) is 12.2 Å². The molecule has 1 aliphatic heterocycles. The molecule has 0 bridgehead atoms. The molecule has 1 aliphatic rings. The molecule has 0 saturated carbocycles. The highest BCUT2D eigenvalue weighted by molar-refractivity contribution is 14.0. The quantitative estimate of drug-likeness (QED) is 0.300. The summed E-state index contributed by atoms with van der Waals surface area (Å²) in [5.41, 5.74) is 1.59. The second-order valence-electron chi connectivity index (χ2n) is 7.72. The van der Waals surface area contributed by atoms with E-state index in [9.17, 15) is 4.39 Å². The minimum Gasteiger partial charge on any atom is -0.367 e. The van der Waals surface area contributed by atoms with E-state index in [-0.39, 0.29) is 34.5 Å².